The third-order valence-electron chi connectivity index (χ3n) is 6.32. The lowest BCUT2D eigenvalue weighted by atomic mass is 9.95. The van der Waals surface area contributed by atoms with Crippen LogP contribution in [-0.4, -0.2) is 36.7 Å². The Kier molecular flexibility index (Phi) is 9.37. The van der Waals surface area contributed by atoms with Gasteiger partial charge in [-0.05, 0) is 74.3 Å². The van der Waals surface area contributed by atoms with Crippen molar-refractivity contribution in [1.29, 1.82) is 0 Å². The first kappa shape index (κ1) is 25.6. The third kappa shape index (κ3) is 6.99. The van der Waals surface area contributed by atoms with E-state index in [1.807, 2.05) is 6.92 Å². The highest BCUT2D eigenvalue weighted by Gasteiger charge is 2.22. The molecule has 1 heterocycles. The second-order valence-electron chi connectivity index (χ2n) is 9.44. The van der Waals surface area contributed by atoms with Crippen molar-refractivity contribution in [2.75, 3.05) is 24.6 Å². The van der Waals surface area contributed by atoms with E-state index < -0.39 is 5.97 Å². The highest BCUT2D eigenvalue weighted by molar-refractivity contribution is 5.91. The van der Waals surface area contributed by atoms with Gasteiger partial charge in [0.2, 0.25) is 5.91 Å². The Hall–Kier alpha value is -3.02. The molecule has 1 unspecified atom stereocenters. The number of anilines is 1. The number of carboxylic acids is 1. The predicted octanol–water partition coefficient (Wildman–Crippen LogP) is 5.61. The summed E-state index contributed by atoms with van der Waals surface area (Å²) in [4.78, 5) is 27.0. The van der Waals surface area contributed by atoms with E-state index in [1.165, 1.54) is 36.6 Å². The molecule has 1 aliphatic heterocycles. The van der Waals surface area contributed by atoms with Crippen LogP contribution in [0.1, 0.15) is 80.4 Å². The summed E-state index contributed by atoms with van der Waals surface area (Å²) in [5.74, 6) is -0.277. The minimum atomic E-state index is -1.04. The molecule has 2 N–H and O–H groups in total. The first-order valence-corrected chi connectivity index (χ1v) is 12.5. The molecule has 0 bridgehead atoms. The molecule has 0 radical (unpaired) electrons. The summed E-state index contributed by atoms with van der Waals surface area (Å²) in [7, 11) is 0. The minimum absolute atomic E-state index is 0.0716. The van der Waals surface area contributed by atoms with Crippen molar-refractivity contribution >= 4 is 17.6 Å². The molecule has 6 heteroatoms. The Morgan fingerprint density at radius 2 is 1.79 bits per heavy atom. The fourth-order valence-electron chi connectivity index (χ4n) is 4.57. The van der Waals surface area contributed by atoms with Gasteiger partial charge >= 0.3 is 5.97 Å². The molecule has 34 heavy (non-hydrogen) atoms. The second-order valence-corrected chi connectivity index (χ2v) is 9.44. The summed E-state index contributed by atoms with van der Waals surface area (Å²) in [6, 6.07) is 13.2. The number of carbonyl (C=O) groups excluding carboxylic acids is 1. The van der Waals surface area contributed by atoms with E-state index in [4.69, 9.17) is 4.74 Å². The van der Waals surface area contributed by atoms with E-state index in [-0.39, 0.29) is 23.9 Å². The molecule has 1 fully saturated rings. The highest BCUT2D eigenvalue weighted by Crippen LogP contribution is 2.32. The van der Waals surface area contributed by atoms with Crippen molar-refractivity contribution in [3.05, 3.63) is 59.2 Å². The first-order valence-electron chi connectivity index (χ1n) is 12.5. The van der Waals surface area contributed by atoms with Crippen LogP contribution in [0, 0.1) is 5.92 Å². The van der Waals surface area contributed by atoms with Gasteiger partial charge in [-0.3, -0.25) is 4.79 Å². The smallest absolute Gasteiger partial charge is 0.339 e. The SMILES string of the molecule is CCOc1cc(CC(=O)NC(CCC(C)C)c2ccccc2N2CCCCC2)ccc1C(=O)O. The van der Waals surface area contributed by atoms with Crippen LogP contribution in [0.5, 0.6) is 5.75 Å². The van der Waals surface area contributed by atoms with E-state index in [0.717, 1.165) is 31.5 Å². The highest BCUT2D eigenvalue weighted by atomic mass is 16.5. The number of benzene rings is 2. The Balaban J connectivity index is 1.80. The standard InChI is InChI=1S/C28H38N2O4/c1-4-34-26-18-21(13-14-23(26)28(32)33)19-27(31)29-24(15-12-20(2)3)22-10-6-7-11-25(22)30-16-8-5-9-17-30/h6-7,10-11,13-14,18,20,24H,4-5,8-9,12,15-17,19H2,1-3H3,(H,29,31)(H,32,33). The zero-order valence-corrected chi connectivity index (χ0v) is 20.7. The number of aromatic carboxylic acids is 1. The average Bonchev–Trinajstić information content (AvgIpc) is 2.82. The van der Waals surface area contributed by atoms with Crippen LogP contribution in [0.15, 0.2) is 42.5 Å². The normalized spacial score (nSPS) is 14.6. The maximum atomic E-state index is 13.1. The number of nitrogens with zero attached hydrogens (tertiary/aromatic N) is 1. The summed E-state index contributed by atoms with van der Waals surface area (Å²) in [6.07, 6.45) is 5.73. The number of carboxylic acid groups (broad SMARTS) is 1. The van der Waals surface area contributed by atoms with Crippen LogP contribution in [0.25, 0.3) is 0 Å². The van der Waals surface area contributed by atoms with E-state index in [2.05, 4.69) is 48.3 Å². The molecule has 2 aromatic carbocycles. The topological polar surface area (TPSA) is 78.9 Å². The molecular weight excluding hydrogens is 428 g/mol. The largest absolute Gasteiger partial charge is 0.493 e. The zero-order valence-electron chi connectivity index (χ0n) is 20.7. The lowest BCUT2D eigenvalue weighted by Crippen LogP contribution is -2.34. The Labute approximate surface area is 203 Å². The molecule has 2 aromatic rings. The molecule has 0 spiro atoms. The molecule has 1 atom stereocenters. The maximum Gasteiger partial charge on any atom is 0.339 e. The van der Waals surface area contributed by atoms with Gasteiger partial charge in [-0.2, -0.15) is 0 Å². The molecular formula is C28H38N2O4. The summed E-state index contributed by atoms with van der Waals surface area (Å²) >= 11 is 0. The summed E-state index contributed by atoms with van der Waals surface area (Å²) in [5.41, 5.74) is 3.24. The molecule has 0 aromatic heterocycles. The number of rotatable bonds is 11. The van der Waals surface area contributed by atoms with Gasteiger partial charge in [-0.15, -0.1) is 0 Å². The maximum absolute atomic E-state index is 13.1. The van der Waals surface area contributed by atoms with Crippen LogP contribution in [0.2, 0.25) is 0 Å². The monoisotopic (exact) mass is 466 g/mol. The summed E-state index contributed by atoms with van der Waals surface area (Å²) < 4.78 is 5.50. The number of hydrogen-bond acceptors (Lipinski definition) is 4. The molecule has 0 saturated carbocycles. The summed E-state index contributed by atoms with van der Waals surface area (Å²) in [5, 5.41) is 12.7. The van der Waals surface area contributed by atoms with Crippen LogP contribution >= 0.6 is 0 Å². The molecule has 1 aliphatic rings. The number of piperidine rings is 1. The number of carbonyl (C=O) groups is 2. The van der Waals surface area contributed by atoms with Crippen molar-refractivity contribution in [1.82, 2.24) is 5.32 Å². The van der Waals surface area contributed by atoms with Gasteiger partial charge in [0.05, 0.1) is 19.1 Å². The van der Waals surface area contributed by atoms with Gasteiger partial charge < -0.3 is 20.1 Å². The second kappa shape index (κ2) is 12.4. The van der Waals surface area contributed by atoms with Crippen LogP contribution in [0.3, 0.4) is 0 Å². The number of ether oxygens (including phenoxy) is 1. The molecule has 6 nitrogen and oxygen atoms in total. The Morgan fingerprint density at radius 3 is 2.47 bits per heavy atom. The lowest BCUT2D eigenvalue weighted by molar-refractivity contribution is -0.121. The van der Waals surface area contributed by atoms with Gasteiger partial charge in [0.25, 0.3) is 0 Å². The zero-order chi connectivity index (χ0) is 24.5. The lowest BCUT2D eigenvalue weighted by Gasteiger charge is -2.33. The quantitative estimate of drug-likeness (QED) is 0.450. The van der Waals surface area contributed by atoms with Crippen molar-refractivity contribution in [2.24, 2.45) is 5.92 Å². The van der Waals surface area contributed by atoms with Crippen LogP contribution < -0.4 is 15.0 Å². The van der Waals surface area contributed by atoms with E-state index in [1.54, 1.807) is 12.1 Å². The van der Waals surface area contributed by atoms with Gasteiger partial charge in [-0.25, -0.2) is 4.79 Å². The van der Waals surface area contributed by atoms with Gasteiger partial charge in [0, 0.05) is 18.8 Å². The molecule has 0 aliphatic carbocycles. The fourth-order valence-corrected chi connectivity index (χ4v) is 4.57. The molecule has 184 valence electrons. The van der Waals surface area contributed by atoms with Gasteiger partial charge in [0.1, 0.15) is 11.3 Å². The number of amides is 1. The van der Waals surface area contributed by atoms with Crippen LogP contribution in [0.4, 0.5) is 5.69 Å². The van der Waals surface area contributed by atoms with Crippen molar-refractivity contribution < 1.29 is 19.4 Å². The predicted molar refractivity (Wildman–Crippen MR) is 136 cm³/mol. The number of hydrogen-bond donors (Lipinski definition) is 2. The minimum Gasteiger partial charge on any atom is -0.493 e. The van der Waals surface area contributed by atoms with Crippen LogP contribution in [-0.2, 0) is 11.2 Å². The molecule has 1 amide bonds. The number of nitrogens with one attached hydrogen (secondary N) is 1. The van der Waals surface area contributed by atoms with Crippen molar-refractivity contribution in [2.45, 2.75) is 65.3 Å². The molecule has 1 saturated heterocycles. The average molecular weight is 467 g/mol. The van der Waals surface area contributed by atoms with E-state index in [9.17, 15) is 14.7 Å². The fraction of sp³-hybridized carbons (Fsp3) is 0.500. The van der Waals surface area contributed by atoms with E-state index >= 15 is 0 Å². The first-order chi connectivity index (χ1) is 16.4. The third-order valence-corrected chi connectivity index (χ3v) is 6.32. The Bertz CT molecular complexity index is 967. The Morgan fingerprint density at radius 1 is 1.06 bits per heavy atom. The van der Waals surface area contributed by atoms with Gasteiger partial charge in [-0.1, -0.05) is 38.1 Å². The van der Waals surface area contributed by atoms with E-state index in [0.29, 0.717) is 18.3 Å². The van der Waals surface area contributed by atoms with Crippen molar-refractivity contribution in [3.8, 4) is 5.75 Å². The van der Waals surface area contributed by atoms with Gasteiger partial charge in [0.15, 0.2) is 0 Å². The number of para-hydroxylation sites is 1. The molecule has 3 rings (SSSR count). The summed E-state index contributed by atoms with van der Waals surface area (Å²) in [6.45, 7) is 8.68. The van der Waals surface area contributed by atoms with Crippen molar-refractivity contribution in [3.63, 3.8) is 0 Å².